The van der Waals surface area contributed by atoms with Crippen LogP contribution in [0.15, 0.2) is 36.5 Å². The van der Waals surface area contributed by atoms with Gasteiger partial charge in [0.1, 0.15) is 5.82 Å². The smallest absolute Gasteiger partial charge is 0.239 e. The topological polar surface area (TPSA) is 91.7 Å². The molecule has 2 N–H and O–H groups in total. The predicted octanol–water partition coefficient (Wildman–Crippen LogP) is 2.73. The number of carbonyl (C=O) groups is 2. The van der Waals surface area contributed by atoms with Crippen molar-refractivity contribution in [3.63, 3.8) is 0 Å². The molecule has 2 amide bonds. The summed E-state index contributed by atoms with van der Waals surface area (Å²) in [6.45, 7) is 6.07. The molecule has 2 heterocycles. The fourth-order valence-electron chi connectivity index (χ4n) is 4.50. The largest absolute Gasteiger partial charge is 0.378 e. The minimum atomic E-state index is -0.140. The van der Waals surface area contributed by atoms with Gasteiger partial charge in [-0.1, -0.05) is 19.8 Å². The van der Waals surface area contributed by atoms with Crippen molar-refractivity contribution in [2.24, 2.45) is 0 Å². The summed E-state index contributed by atoms with van der Waals surface area (Å²) in [5, 5.41) is 10.3. The second-order valence-electron chi connectivity index (χ2n) is 8.65. The van der Waals surface area contributed by atoms with E-state index >= 15 is 0 Å². The monoisotopic (exact) mass is 454 g/mol. The molecule has 9 heteroatoms. The average Bonchev–Trinajstić information content (AvgIpc) is 3.51. The predicted molar refractivity (Wildman–Crippen MR) is 129 cm³/mol. The minimum absolute atomic E-state index is 0.139. The first-order valence-corrected chi connectivity index (χ1v) is 11.9. The first-order valence-electron chi connectivity index (χ1n) is 11.9. The highest BCUT2D eigenvalue weighted by Crippen LogP contribution is 2.31. The van der Waals surface area contributed by atoms with Gasteiger partial charge in [-0.3, -0.25) is 14.5 Å². The van der Waals surface area contributed by atoms with Crippen molar-refractivity contribution < 1.29 is 14.3 Å². The first kappa shape index (κ1) is 23.3. The number of ether oxygens (including phenoxy) is 1. The summed E-state index contributed by atoms with van der Waals surface area (Å²) < 4.78 is 7.32. The highest BCUT2D eigenvalue weighted by molar-refractivity contribution is 5.94. The van der Waals surface area contributed by atoms with Crippen LogP contribution < -0.4 is 15.5 Å². The van der Waals surface area contributed by atoms with Gasteiger partial charge in [0.25, 0.3) is 0 Å². The summed E-state index contributed by atoms with van der Waals surface area (Å²) in [5.41, 5.74) is 1.87. The molecule has 1 aromatic heterocycles. The molecule has 1 aliphatic carbocycles. The zero-order chi connectivity index (χ0) is 23.0. The van der Waals surface area contributed by atoms with E-state index in [0.29, 0.717) is 12.6 Å². The van der Waals surface area contributed by atoms with Crippen LogP contribution in [0.3, 0.4) is 0 Å². The third kappa shape index (κ3) is 6.33. The van der Waals surface area contributed by atoms with Crippen LogP contribution >= 0.6 is 0 Å². The number of hydrogen-bond donors (Lipinski definition) is 2. The highest BCUT2D eigenvalue weighted by atomic mass is 16.5. The molecule has 0 bridgehead atoms. The molecule has 2 aliphatic rings. The van der Waals surface area contributed by atoms with E-state index in [1.807, 2.05) is 46.8 Å². The van der Waals surface area contributed by atoms with Crippen molar-refractivity contribution in [2.45, 2.75) is 38.6 Å². The first-order chi connectivity index (χ1) is 16.1. The normalized spacial score (nSPS) is 16.8. The summed E-state index contributed by atoms with van der Waals surface area (Å²) in [7, 11) is 0. The molecule has 2 aromatic rings. The molecular weight excluding hydrogens is 420 g/mol. The van der Waals surface area contributed by atoms with Gasteiger partial charge in [-0.2, -0.15) is 5.10 Å². The number of benzene rings is 1. The number of aromatic nitrogens is 2. The van der Waals surface area contributed by atoms with Crippen LogP contribution in [-0.4, -0.2) is 72.4 Å². The Morgan fingerprint density at radius 3 is 2.36 bits per heavy atom. The SMILES string of the molecule is CCN(CC(=O)Nc1ccc(N2CCOCC2)cc1)CC(=O)Nc1ccnn1C1CCCC1. The van der Waals surface area contributed by atoms with Crippen molar-refractivity contribution in [2.75, 3.05) is 61.5 Å². The number of nitrogens with one attached hydrogen (secondary N) is 2. The molecule has 0 spiro atoms. The van der Waals surface area contributed by atoms with Crippen molar-refractivity contribution in [1.29, 1.82) is 0 Å². The summed E-state index contributed by atoms with van der Waals surface area (Å²) >= 11 is 0. The van der Waals surface area contributed by atoms with E-state index in [9.17, 15) is 9.59 Å². The van der Waals surface area contributed by atoms with Gasteiger partial charge in [-0.25, -0.2) is 4.68 Å². The molecule has 9 nitrogen and oxygen atoms in total. The minimum Gasteiger partial charge on any atom is -0.378 e. The zero-order valence-corrected chi connectivity index (χ0v) is 19.3. The van der Waals surface area contributed by atoms with Gasteiger partial charge in [0.2, 0.25) is 11.8 Å². The molecular formula is C24H34N6O3. The van der Waals surface area contributed by atoms with Crippen LogP contribution in [0.25, 0.3) is 0 Å². The van der Waals surface area contributed by atoms with Crippen LogP contribution in [-0.2, 0) is 14.3 Å². The van der Waals surface area contributed by atoms with Crippen molar-refractivity contribution in [3.8, 4) is 0 Å². The van der Waals surface area contributed by atoms with Gasteiger partial charge in [-0.05, 0) is 43.7 Å². The molecule has 2 fully saturated rings. The Kier molecular flexibility index (Phi) is 7.96. The zero-order valence-electron chi connectivity index (χ0n) is 19.3. The molecule has 1 saturated heterocycles. The van der Waals surface area contributed by atoms with Gasteiger partial charge in [-0.15, -0.1) is 0 Å². The lowest BCUT2D eigenvalue weighted by Gasteiger charge is -2.29. The maximum atomic E-state index is 12.6. The van der Waals surface area contributed by atoms with Gasteiger partial charge in [0.05, 0.1) is 38.5 Å². The number of anilines is 3. The summed E-state index contributed by atoms with van der Waals surface area (Å²) in [6, 6.07) is 10.0. The fraction of sp³-hybridized carbons (Fsp3) is 0.542. The molecule has 1 saturated carbocycles. The van der Waals surface area contributed by atoms with Crippen LogP contribution in [0, 0.1) is 0 Å². The summed E-state index contributed by atoms with van der Waals surface area (Å²) in [5.74, 6) is 0.451. The van der Waals surface area contributed by atoms with E-state index in [2.05, 4.69) is 20.6 Å². The van der Waals surface area contributed by atoms with E-state index in [0.717, 1.165) is 56.3 Å². The van der Waals surface area contributed by atoms with E-state index in [1.54, 1.807) is 6.20 Å². The number of morpholine rings is 1. The molecule has 33 heavy (non-hydrogen) atoms. The van der Waals surface area contributed by atoms with Gasteiger partial charge < -0.3 is 20.3 Å². The Bertz CT molecular complexity index is 917. The van der Waals surface area contributed by atoms with Gasteiger partial charge in [0.15, 0.2) is 0 Å². The number of rotatable bonds is 9. The molecule has 0 atom stereocenters. The fourth-order valence-corrected chi connectivity index (χ4v) is 4.50. The lowest BCUT2D eigenvalue weighted by atomic mass is 10.2. The Hall–Kier alpha value is -2.91. The second kappa shape index (κ2) is 11.3. The van der Waals surface area contributed by atoms with Gasteiger partial charge in [0, 0.05) is 30.5 Å². The van der Waals surface area contributed by atoms with E-state index in [4.69, 9.17) is 4.74 Å². The maximum Gasteiger partial charge on any atom is 0.239 e. The van der Waals surface area contributed by atoms with Gasteiger partial charge >= 0.3 is 0 Å². The standard InChI is InChI=1S/C24H34N6O3/c1-2-28(18-24(32)27-22-11-12-25-30(22)21-5-3-4-6-21)17-23(31)26-19-7-9-20(10-8-19)29-13-15-33-16-14-29/h7-12,21H,2-6,13-18H2,1H3,(H,26,31)(H,27,32). The van der Waals surface area contributed by atoms with Crippen molar-refractivity contribution >= 4 is 29.0 Å². The third-order valence-corrected chi connectivity index (χ3v) is 6.32. The summed E-state index contributed by atoms with van der Waals surface area (Å²) in [6.07, 6.45) is 6.32. The summed E-state index contributed by atoms with van der Waals surface area (Å²) in [4.78, 5) is 29.3. The van der Waals surface area contributed by atoms with E-state index in [1.165, 1.54) is 12.8 Å². The number of likely N-dealkylation sites (N-methyl/N-ethyl adjacent to an activating group) is 1. The Morgan fingerprint density at radius 1 is 1.03 bits per heavy atom. The van der Waals surface area contributed by atoms with E-state index in [-0.39, 0.29) is 24.9 Å². The van der Waals surface area contributed by atoms with Crippen LogP contribution in [0.1, 0.15) is 38.6 Å². The quantitative estimate of drug-likeness (QED) is 0.605. The number of amides is 2. The molecule has 0 unspecified atom stereocenters. The molecule has 4 rings (SSSR count). The number of nitrogens with zero attached hydrogens (tertiary/aromatic N) is 4. The molecule has 1 aliphatic heterocycles. The molecule has 178 valence electrons. The highest BCUT2D eigenvalue weighted by Gasteiger charge is 2.21. The molecule has 0 radical (unpaired) electrons. The Balaban J connectivity index is 1.25. The third-order valence-electron chi connectivity index (χ3n) is 6.32. The van der Waals surface area contributed by atoms with E-state index < -0.39 is 0 Å². The lowest BCUT2D eigenvalue weighted by molar-refractivity contribution is -0.119. The van der Waals surface area contributed by atoms with Crippen LogP contribution in [0.4, 0.5) is 17.2 Å². The average molecular weight is 455 g/mol. The van der Waals surface area contributed by atoms with Crippen molar-refractivity contribution in [3.05, 3.63) is 36.5 Å². The van der Waals surface area contributed by atoms with Crippen molar-refractivity contribution in [1.82, 2.24) is 14.7 Å². The molecule has 1 aromatic carbocycles. The van der Waals surface area contributed by atoms with Crippen LogP contribution in [0.5, 0.6) is 0 Å². The maximum absolute atomic E-state index is 12.6. The van der Waals surface area contributed by atoms with Crippen LogP contribution in [0.2, 0.25) is 0 Å². The number of carbonyl (C=O) groups excluding carboxylic acids is 2. The Labute approximate surface area is 195 Å². The Morgan fingerprint density at radius 2 is 1.70 bits per heavy atom. The lowest BCUT2D eigenvalue weighted by Crippen LogP contribution is -2.39. The number of hydrogen-bond acceptors (Lipinski definition) is 6. The second-order valence-corrected chi connectivity index (χ2v) is 8.65.